The number of esters is 1. The van der Waals surface area contributed by atoms with Crippen molar-refractivity contribution in [3.63, 3.8) is 0 Å². The molecule has 0 aliphatic carbocycles. The molecule has 1 atom stereocenters. The van der Waals surface area contributed by atoms with E-state index >= 15 is 0 Å². The van der Waals surface area contributed by atoms with Gasteiger partial charge in [-0.3, -0.25) is 9.69 Å². The Bertz CT molecular complexity index is 178. The van der Waals surface area contributed by atoms with Crippen LogP contribution in [0.3, 0.4) is 0 Å². The van der Waals surface area contributed by atoms with Crippen molar-refractivity contribution in [3.05, 3.63) is 0 Å². The number of ether oxygens (including phenoxy) is 2. The monoisotopic (exact) mass is 201 g/mol. The highest BCUT2D eigenvalue weighted by atomic mass is 16.5. The number of hydrogen-bond acceptors (Lipinski definition) is 4. The Morgan fingerprint density at radius 1 is 1.50 bits per heavy atom. The largest absolute Gasteiger partial charge is 0.469 e. The van der Waals surface area contributed by atoms with Gasteiger partial charge in [-0.15, -0.1) is 0 Å². The van der Waals surface area contributed by atoms with E-state index in [4.69, 9.17) is 4.74 Å². The summed E-state index contributed by atoms with van der Waals surface area (Å²) in [5.74, 6) is -0.122. The number of carbonyl (C=O) groups is 1. The molecule has 0 bridgehead atoms. The molecule has 0 spiro atoms. The summed E-state index contributed by atoms with van der Waals surface area (Å²) in [6, 6.07) is 0.311. The second kappa shape index (κ2) is 5.98. The van der Waals surface area contributed by atoms with Gasteiger partial charge in [-0.25, -0.2) is 0 Å². The molecule has 0 amide bonds. The van der Waals surface area contributed by atoms with Crippen LogP contribution < -0.4 is 0 Å². The zero-order chi connectivity index (χ0) is 10.4. The topological polar surface area (TPSA) is 38.8 Å². The second-order valence-electron chi connectivity index (χ2n) is 3.49. The van der Waals surface area contributed by atoms with Crippen molar-refractivity contribution in [1.82, 2.24) is 4.90 Å². The van der Waals surface area contributed by atoms with E-state index in [1.54, 1.807) is 0 Å². The maximum Gasteiger partial charge on any atom is 0.307 e. The van der Waals surface area contributed by atoms with E-state index < -0.39 is 0 Å². The van der Waals surface area contributed by atoms with Gasteiger partial charge in [-0.1, -0.05) is 6.92 Å². The summed E-state index contributed by atoms with van der Waals surface area (Å²) in [6.45, 7) is 5.50. The molecule has 0 aromatic heterocycles. The highest BCUT2D eigenvalue weighted by Crippen LogP contribution is 2.11. The highest BCUT2D eigenvalue weighted by Gasteiger charge is 2.21. The van der Waals surface area contributed by atoms with Crippen molar-refractivity contribution in [2.45, 2.75) is 25.8 Å². The molecule has 0 aromatic rings. The average Bonchev–Trinajstić information content (AvgIpc) is 2.26. The lowest BCUT2D eigenvalue weighted by Crippen LogP contribution is -2.44. The van der Waals surface area contributed by atoms with Crippen molar-refractivity contribution in [2.75, 3.05) is 33.4 Å². The van der Waals surface area contributed by atoms with Crippen LogP contribution in [0.25, 0.3) is 0 Å². The van der Waals surface area contributed by atoms with Gasteiger partial charge >= 0.3 is 5.97 Å². The Hall–Kier alpha value is -0.610. The van der Waals surface area contributed by atoms with E-state index in [1.165, 1.54) is 7.11 Å². The first-order valence-electron chi connectivity index (χ1n) is 5.16. The van der Waals surface area contributed by atoms with Crippen LogP contribution in [0, 0.1) is 0 Å². The van der Waals surface area contributed by atoms with E-state index in [0.717, 1.165) is 32.7 Å². The van der Waals surface area contributed by atoms with Crippen molar-refractivity contribution >= 4 is 5.97 Å². The number of methoxy groups -OCH3 is 1. The van der Waals surface area contributed by atoms with E-state index in [9.17, 15) is 4.79 Å². The smallest absolute Gasteiger partial charge is 0.307 e. The van der Waals surface area contributed by atoms with Gasteiger partial charge in [0.2, 0.25) is 0 Å². The van der Waals surface area contributed by atoms with Crippen LogP contribution in [0.15, 0.2) is 0 Å². The molecule has 0 aromatic carbocycles. The molecule has 0 saturated carbocycles. The molecule has 1 aliphatic heterocycles. The molecule has 82 valence electrons. The number of morpholine rings is 1. The van der Waals surface area contributed by atoms with Gasteiger partial charge in [0.1, 0.15) is 0 Å². The van der Waals surface area contributed by atoms with Crippen molar-refractivity contribution < 1.29 is 14.3 Å². The van der Waals surface area contributed by atoms with Gasteiger partial charge in [0, 0.05) is 19.1 Å². The van der Waals surface area contributed by atoms with Crippen LogP contribution >= 0.6 is 0 Å². The third-order valence-electron chi connectivity index (χ3n) is 2.66. The summed E-state index contributed by atoms with van der Waals surface area (Å²) in [5, 5.41) is 0. The predicted molar refractivity (Wildman–Crippen MR) is 53.1 cm³/mol. The maximum absolute atomic E-state index is 11.1. The lowest BCUT2D eigenvalue weighted by molar-refractivity contribution is -0.142. The van der Waals surface area contributed by atoms with Gasteiger partial charge in [0.05, 0.1) is 26.7 Å². The molecule has 1 aliphatic rings. The summed E-state index contributed by atoms with van der Waals surface area (Å²) in [5.41, 5.74) is 0. The highest BCUT2D eigenvalue weighted by molar-refractivity contribution is 5.69. The number of nitrogens with zero attached hydrogens (tertiary/aromatic N) is 1. The van der Waals surface area contributed by atoms with Gasteiger partial charge in [-0.2, -0.15) is 0 Å². The SMILES string of the molecule is CCC(CC(=O)OC)N1CCOCC1. The Morgan fingerprint density at radius 2 is 2.14 bits per heavy atom. The molecular formula is C10H19NO3. The predicted octanol–water partition coefficient (Wildman–Crippen LogP) is 0.660. The fraction of sp³-hybridized carbons (Fsp3) is 0.900. The van der Waals surface area contributed by atoms with Crippen LogP contribution in [-0.2, 0) is 14.3 Å². The van der Waals surface area contributed by atoms with Crippen molar-refractivity contribution in [3.8, 4) is 0 Å². The third kappa shape index (κ3) is 3.27. The van der Waals surface area contributed by atoms with E-state index in [0.29, 0.717) is 12.5 Å². The summed E-state index contributed by atoms with van der Waals surface area (Å²) in [6.07, 6.45) is 1.47. The lowest BCUT2D eigenvalue weighted by Gasteiger charge is -2.33. The van der Waals surface area contributed by atoms with Gasteiger partial charge in [-0.05, 0) is 6.42 Å². The van der Waals surface area contributed by atoms with E-state index in [-0.39, 0.29) is 5.97 Å². The van der Waals surface area contributed by atoms with Crippen LogP contribution in [0.2, 0.25) is 0 Å². The molecule has 1 rings (SSSR count). The number of hydrogen-bond donors (Lipinski definition) is 0. The van der Waals surface area contributed by atoms with Crippen LogP contribution in [0.4, 0.5) is 0 Å². The molecular weight excluding hydrogens is 182 g/mol. The summed E-state index contributed by atoms with van der Waals surface area (Å²) in [4.78, 5) is 13.4. The molecule has 0 N–H and O–H groups in total. The molecule has 1 saturated heterocycles. The molecule has 14 heavy (non-hydrogen) atoms. The average molecular weight is 201 g/mol. The second-order valence-corrected chi connectivity index (χ2v) is 3.49. The first kappa shape index (κ1) is 11.5. The van der Waals surface area contributed by atoms with Gasteiger partial charge < -0.3 is 9.47 Å². The minimum Gasteiger partial charge on any atom is -0.469 e. The molecule has 0 radical (unpaired) electrons. The van der Waals surface area contributed by atoms with Crippen molar-refractivity contribution in [2.24, 2.45) is 0 Å². The third-order valence-corrected chi connectivity index (χ3v) is 2.66. The molecule has 4 heteroatoms. The fourth-order valence-electron chi connectivity index (χ4n) is 1.75. The minimum absolute atomic E-state index is 0.122. The summed E-state index contributed by atoms with van der Waals surface area (Å²) < 4.78 is 9.94. The molecule has 1 unspecified atom stereocenters. The van der Waals surface area contributed by atoms with E-state index in [2.05, 4.69) is 16.6 Å². The number of carbonyl (C=O) groups excluding carboxylic acids is 1. The quantitative estimate of drug-likeness (QED) is 0.626. The minimum atomic E-state index is -0.122. The van der Waals surface area contributed by atoms with Gasteiger partial charge in [0.25, 0.3) is 0 Å². The Labute approximate surface area is 85.2 Å². The summed E-state index contributed by atoms with van der Waals surface area (Å²) >= 11 is 0. The zero-order valence-electron chi connectivity index (χ0n) is 8.99. The van der Waals surface area contributed by atoms with Crippen LogP contribution in [0.1, 0.15) is 19.8 Å². The molecule has 1 heterocycles. The van der Waals surface area contributed by atoms with Crippen molar-refractivity contribution in [1.29, 1.82) is 0 Å². The lowest BCUT2D eigenvalue weighted by atomic mass is 10.1. The summed E-state index contributed by atoms with van der Waals surface area (Å²) in [7, 11) is 1.44. The first-order valence-corrected chi connectivity index (χ1v) is 5.16. The molecule has 1 fully saturated rings. The maximum atomic E-state index is 11.1. The normalized spacial score (nSPS) is 20.4. The standard InChI is InChI=1S/C10H19NO3/c1-3-9(8-10(12)13-2)11-4-6-14-7-5-11/h9H,3-8H2,1-2H3. The zero-order valence-corrected chi connectivity index (χ0v) is 8.99. The van der Waals surface area contributed by atoms with Crippen LogP contribution in [-0.4, -0.2) is 50.3 Å². The van der Waals surface area contributed by atoms with E-state index in [1.807, 2.05) is 0 Å². The Balaban J connectivity index is 2.39. The van der Waals surface area contributed by atoms with Crippen LogP contribution in [0.5, 0.6) is 0 Å². The first-order chi connectivity index (χ1) is 6.77. The Morgan fingerprint density at radius 3 is 2.64 bits per heavy atom. The molecule has 4 nitrogen and oxygen atoms in total. The van der Waals surface area contributed by atoms with Gasteiger partial charge in [0.15, 0.2) is 0 Å². The Kier molecular flexibility index (Phi) is 4.90. The number of rotatable bonds is 4. The fourth-order valence-corrected chi connectivity index (χ4v) is 1.75.